The summed E-state index contributed by atoms with van der Waals surface area (Å²) >= 11 is 1.75. The standard InChI is InChI=1S/C20H22N2OS/c1-15-10-12-16(13-11-15)14-21-19(23)8-4-5-9-20-22-17-6-2-3-7-18(17)24-20/h2-3,6-7,10-13H,4-5,8-9,14H2,1H3,(H,21,23). The molecular formula is C20H22N2OS. The van der Waals surface area contributed by atoms with Crippen LogP contribution in [0, 0.1) is 6.92 Å². The van der Waals surface area contributed by atoms with Crippen LogP contribution in [0.25, 0.3) is 10.2 Å². The predicted molar refractivity (Wildman–Crippen MR) is 100 cm³/mol. The van der Waals surface area contributed by atoms with Gasteiger partial charge in [0.1, 0.15) is 0 Å². The van der Waals surface area contributed by atoms with E-state index in [0.717, 1.165) is 35.4 Å². The summed E-state index contributed by atoms with van der Waals surface area (Å²) in [6.45, 7) is 2.67. The fraction of sp³-hybridized carbons (Fsp3) is 0.300. The number of fused-ring (bicyclic) bond motifs is 1. The van der Waals surface area contributed by atoms with E-state index in [4.69, 9.17) is 0 Å². The van der Waals surface area contributed by atoms with Gasteiger partial charge >= 0.3 is 0 Å². The summed E-state index contributed by atoms with van der Waals surface area (Å²) in [5.74, 6) is 0.125. The van der Waals surface area contributed by atoms with Gasteiger partial charge in [0.15, 0.2) is 0 Å². The van der Waals surface area contributed by atoms with Gasteiger partial charge in [-0.2, -0.15) is 0 Å². The summed E-state index contributed by atoms with van der Waals surface area (Å²) < 4.78 is 1.24. The molecule has 1 amide bonds. The van der Waals surface area contributed by atoms with Crippen molar-refractivity contribution in [3.05, 3.63) is 64.7 Å². The first-order valence-corrected chi connectivity index (χ1v) is 9.19. The zero-order valence-electron chi connectivity index (χ0n) is 13.9. The molecule has 124 valence electrons. The lowest BCUT2D eigenvalue weighted by Crippen LogP contribution is -2.22. The molecule has 1 heterocycles. The molecule has 0 fully saturated rings. The maximum absolute atomic E-state index is 11.9. The van der Waals surface area contributed by atoms with Gasteiger partial charge in [0.05, 0.1) is 15.2 Å². The number of aromatic nitrogens is 1. The largest absolute Gasteiger partial charge is 0.352 e. The van der Waals surface area contributed by atoms with Crippen molar-refractivity contribution in [3.63, 3.8) is 0 Å². The second-order valence-corrected chi connectivity index (χ2v) is 7.16. The first-order valence-electron chi connectivity index (χ1n) is 8.37. The monoisotopic (exact) mass is 338 g/mol. The number of benzene rings is 2. The molecule has 1 N–H and O–H groups in total. The minimum Gasteiger partial charge on any atom is -0.352 e. The van der Waals surface area contributed by atoms with Crippen LogP contribution < -0.4 is 5.32 Å². The van der Waals surface area contributed by atoms with Crippen molar-refractivity contribution in [2.75, 3.05) is 0 Å². The first kappa shape index (κ1) is 16.7. The average Bonchev–Trinajstić information content (AvgIpc) is 3.01. The Kier molecular flexibility index (Phi) is 5.59. The molecule has 1 aromatic heterocycles. The van der Waals surface area contributed by atoms with Crippen LogP contribution in [0.5, 0.6) is 0 Å². The number of hydrogen-bond donors (Lipinski definition) is 1. The van der Waals surface area contributed by atoms with Gasteiger partial charge in [-0.15, -0.1) is 11.3 Å². The Morgan fingerprint density at radius 2 is 1.88 bits per heavy atom. The van der Waals surface area contributed by atoms with Crippen LogP contribution >= 0.6 is 11.3 Å². The number of nitrogens with one attached hydrogen (secondary N) is 1. The number of hydrogen-bond acceptors (Lipinski definition) is 3. The van der Waals surface area contributed by atoms with Crippen LogP contribution in [0.2, 0.25) is 0 Å². The fourth-order valence-corrected chi connectivity index (χ4v) is 3.59. The molecule has 3 nitrogen and oxygen atoms in total. The van der Waals surface area contributed by atoms with E-state index in [-0.39, 0.29) is 5.91 Å². The third-order valence-electron chi connectivity index (χ3n) is 3.99. The van der Waals surface area contributed by atoms with E-state index < -0.39 is 0 Å². The van der Waals surface area contributed by atoms with E-state index in [1.54, 1.807) is 11.3 Å². The Hall–Kier alpha value is -2.20. The Morgan fingerprint density at radius 1 is 1.08 bits per heavy atom. The number of carbonyl (C=O) groups is 1. The number of thiazole rings is 1. The number of amides is 1. The number of para-hydroxylation sites is 1. The molecule has 4 heteroatoms. The van der Waals surface area contributed by atoms with Gasteiger partial charge in [-0.1, -0.05) is 42.0 Å². The Balaban J connectivity index is 1.36. The lowest BCUT2D eigenvalue weighted by atomic mass is 10.1. The second kappa shape index (κ2) is 8.06. The SMILES string of the molecule is Cc1ccc(CNC(=O)CCCCc2nc3ccccc3s2)cc1. The number of aryl methyl sites for hydroxylation is 2. The van der Waals surface area contributed by atoms with Gasteiger partial charge in [0, 0.05) is 13.0 Å². The van der Waals surface area contributed by atoms with Crippen LogP contribution in [-0.4, -0.2) is 10.9 Å². The minimum absolute atomic E-state index is 0.125. The van der Waals surface area contributed by atoms with Crippen molar-refractivity contribution >= 4 is 27.5 Å². The molecule has 0 aliphatic rings. The van der Waals surface area contributed by atoms with Gasteiger partial charge < -0.3 is 5.32 Å². The van der Waals surface area contributed by atoms with E-state index >= 15 is 0 Å². The maximum Gasteiger partial charge on any atom is 0.220 e. The lowest BCUT2D eigenvalue weighted by Gasteiger charge is -2.05. The zero-order valence-corrected chi connectivity index (χ0v) is 14.7. The highest BCUT2D eigenvalue weighted by atomic mass is 32.1. The van der Waals surface area contributed by atoms with Crippen molar-refractivity contribution < 1.29 is 4.79 Å². The second-order valence-electron chi connectivity index (χ2n) is 6.04. The van der Waals surface area contributed by atoms with Gasteiger partial charge in [0.25, 0.3) is 0 Å². The van der Waals surface area contributed by atoms with E-state index in [1.807, 2.05) is 18.2 Å². The van der Waals surface area contributed by atoms with Gasteiger partial charge in [-0.3, -0.25) is 4.79 Å². The number of carbonyl (C=O) groups excluding carboxylic acids is 1. The molecule has 0 spiro atoms. The number of nitrogens with zero attached hydrogens (tertiary/aromatic N) is 1. The summed E-state index contributed by atoms with van der Waals surface area (Å²) in [5.41, 5.74) is 3.46. The van der Waals surface area contributed by atoms with E-state index in [2.05, 4.69) is 47.6 Å². The normalized spacial score (nSPS) is 10.9. The Labute approximate surface area is 146 Å². The molecule has 24 heavy (non-hydrogen) atoms. The molecule has 3 aromatic rings. The Morgan fingerprint density at radius 3 is 2.67 bits per heavy atom. The van der Waals surface area contributed by atoms with Gasteiger partial charge in [-0.25, -0.2) is 4.98 Å². The summed E-state index contributed by atoms with van der Waals surface area (Å²) in [6.07, 6.45) is 3.43. The van der Waals surface area contributed by atoms with Crippen molar-refractivity contribution in [2.24, 2.45) is 0 Å². The molecule has 0 radical (unpaired) electrons. The summed E-state index contributed by atoms with van der Waals surface area (Å²) in [4.78, 5) is 16.5. The summed E-state index contributed by atoms with van der Waals surface area (Å²) in [7, 11) is 0. The highest BCUT2D eigenvalue weighted by Crippen LogP contribution is 2.22. The van der Waals surface area contributed by atoms with Crippen LogP contribution in [0.4, 0.5) is 0 Å². The molecule has 0 aliphatic heterocycles. The summed E-state index contributed by atoms with van der Waals surface area (Å²) in [6, 6.07) is 16.5. The van der Waals surface area contributed by atoms with Gasteiger partial charge in [-0.05, 0) is 43.9 Å². The van der Waals surface area contributed by atoms with Crippen molar-refractivity contribution in [2.45, 2.75) is 39.2 Å². The maximum atomic E-state index is 11.9. The van der Waals surface area contributed by atoms with E-state index in [1.165, 1.54) is 10.3 Å². The average molecular weight is 338 g/mol. The Bertz CT molecular complexity index is 775. The minimum atomic E-state index is 0.125. The van der Waals surface area contributed by atoms with E-state index in [9.17, 15) is 4.79 Å². The van der Waals surface area contributed by atoms with Crippen LogP contribution in [0.3, 0.4) is 0 Å². The third kappa shape index (κ3) is 4.65. The molecule has 0 atom stereocenters. The first-order chi connectivity index (χ1) is 11.7. The van der Waals surface area contributed by atoms with Crippen LogP contribution in [0.15, 0.2) is 48.5 Å². The number of rotatable bonds is 7. The van der Waals surface area contributed by atoms with Crippen molar-refractivity contribution in [3.8, 4) is 0 Å². The molecule has 0 unspecified atom stereocenters. The smallest absolute Gasteiger partial charge is 0.220 e. The van der Waals surface area contributed by atoms with Crippen LogP contribution in [-0.2, 0) is 17.8 Å². The molecule has 0 saturated carbocycles. The van der Waals surface area contributed by atoms with Crippen molar-refractivity contribution in [1.82, 2.24) is 10.3 Å². The molecule has 0 aliphatic carbocycles. The highest BCUT2D eigenvalue weighted by Gasteiger charge is 2.05. The topological polar surface area (TPSA) is 42.0 Å². The van der Waals surface area contributed by atoms with Crippen molar-refractivity contribution in [1.29, 1.82) is 0 Å². The predicted octanol–water partition coefficient (Wildman–Crippen LogP) is 4.63. The molecule has 0 bridgehead atoms. The van der Waals surface area contributed by atoms with Crippen LogP contribution in [0.1, 0.15) is 35.4 Å². The highest BCUT2D eigenvalue weighted by molar-refractivity contribution is 7.18. The molecule has 2 aromatic carbocycles. The van der Waals surface area contributed by atoms with E-state index in [0.29, 0.717) is 13.0 Å². The quantitative estimate of drug-likeness (QED) is 0.638. The molecule has 3 rings (SSSR count). The fourth-order valence-electron chi connectivity index (χ4n) is 2.58. The zero-order chi connectivity index (χ0) is 16.8. The third-order valence-corrected chi connectivity index (χ3v) is 5.09. The number of unbranched alkanes of at least 4 members (excludes halogenated alkanes) is 1. The molecular weight excluding hydrogens is 316 g/mol. The molecule has 0 saturated heterocycles. The van der Waals surface area contributed by atoms with Gasteiger partial charge in [0.2, 0.25) is 5.91 Å². The lowest BCUT2D eigenvalue weighted by molar-refractivity contribution is -0.121. The summed E-state index contributed by atoms with van der Waals surface area (Å²) in [5, 5.41) is 4.15.